The zero-order valence-corrected chi connectivity index (χ0v) is 30.6. The van der Waals surface area contributed by atoms with E-state index in [9.17, 15) is 19.2 Å². The average molecular weight is 723 g/mol. The molecule has 274 valence electrons. The van der Waals surface area contributed by atoms with Gasteiger partial charge in [-0.05, 0) is 68.7 Å². The first-order valence-corrected chi connectivity index (χ1v) is 17.5. The maximum atomic E-state index is 14.0. The number of hydrogen-bond acceptors (Lipinski definition) is 9. The largest absolute Gasteiger partial charge is 0.495 e. The molecule has 13 heteroatoms. The van der Waals surface area contributed by atoms with Crippen molar-refractivity contribution in [1.82, 2.24) is 10.2 Å². The van der Waals surface area contributed by atoms with Crippen molar-refractivity contribution in [3.05, 3.63) is 76.3 Å². The molecule has 3 aliphatic rings. The molecular formula is C38H47ClN4O8. The van der Waals surface area contributed by atoms with Crippen LogP contribution in [0.5, 0.6) is 5.75 Å². The number of carbonyl (C=O) groups is 4. The summed E-state index contributed by atoms with van der Waals surface area (Å²) in [5.41, 5.74) is 9.12. The molecule has 3 aliphatic heterocycles. The predicted molar refractivity (Wildman–Crippen MR) is 194 cm³/mol. The fourth-order valence-corrected chi connectivity index (χ4v) is 6.89. The highest BCUT2D eigenvalue weighted by molar-refractivity contribution is 6.35. The van der Waals surface area contributed by atoms with E-state index in [2.05, 4.69) is 5.32 Å². The second-order valence-electron chi connectivity index (χ2n) is 13.7. The Labute approximate surface area is 303 Å². The van der Waals surface area contributed by atoms with Gasteiger partial charge in [-0.1, -0.05) is 42.3 Å². The summed E-state index contributed by atoms with van der Waals surface area (Å²) in [4.78, 5) is 55.7. The van der Waals surface area contributed by atoms with Gasteiger partial charge in [0.15, 0.2) is 0 Å². The van der Waals surface area contributed by atoms with Crippen LogP contribution in [0.3, 0.4) is 0 Å². The second kappa shape index (κ2) is 16.2. The Morgan fingerprint density at radius 1 is 1.18 bits per heavy atom. The van der Waals surface area contributed by atoms with E-state index in [0.29, 0.717) is 47.0 Å². The summed E-state index contributed by atoms with van der Waals surface area (Å²) in [6.45, 7) is 5.42. The van der Waals surface area contributed by atoms with E-state index in [0.717, 1.165) is 11.1 Å². The highest BCUT2D eigenvalue weighted by Gasteiger charge is 2.52. The maximum Gasteiger partial charge on any atom is 0.407 e. The molecule has 2 saturated heterocycles. The van der Waals surface area contributed by atoms with Crippen molar-refractivity contribution >= 4 is 46.9 Å². The zero-order valence-electron chi connectivity index (χ0n) is 29.9. The number of allylic oxidation sites excluding steroid dienone is 3. The summed E-state index contributed by atoms with van der Waals surface area (Å²) in [7, 11) is 4.70. The molecular weight excluding hydrogens is 676 g/mol. The smallest absolute Gasteiger partial charge is 0.407 e. The normalized spacial score (nSPS) is 27.4. The Bertz CT molecular complexity index is 1700. The van der Waals surface area contributed by atoms with Gasteiger partial charge in [0, 0.05) is 56.1 Å². The molecule has 2 unspecified atom stereocenters. The number of hydrogen-bond donors (Lipinski definition) is 2. The number of rotatable bonds is 6. The first kappa shape index (κ1) is 37.7. The predicted octanol–water partition coefficient (Wildman–Crippen LogP) is 5.32. The van der Waals surface area contributed by atoms with Crippen LogP contribution < -0.4 is 20.7 Å². The molecule has 2 fully saturated rings. The van der Waals surface area contributed by atoms with E-state index in [1.807, 2.05) is 44.2 Å². The Kier molecular flexibility index (Phi) is 12.0. The molecule has 0 aliphatic carbocycles. The van der Waals surface area contributed by atoms with Gasteiger partial charge in [-0.15, -0.1) is 0 Å². The minimum Gasteiger partial charge on any atom is -0.495 e. The number of anilines is 2. The van der Waals surface area contributed by atoms with Crippen LogP contribution >= 0.6 is 11.6 Å². The number of epoxide rings is 1. The molecule has 7 atom stereocenters. The molecule has 4 bridgehead atoms. The van der Waals surface area contributed by atoms with Crippen molar-refractivity contribution < 1.29 is 38.1 Å². The Balaban J connectivity index is 1.39. The number of nitrogens with one attached hydrogen (secondary N) is 1. The van der Waals surface area contributed by atoms with E-state index in [1.165, 1.54) is 24.0 Å². The number of likely N-dealkylation sites (N-methyl/N-ethyl adjacent to an activating group) is 1. The van der Waals surface area contributed by atoms with Crippen molar-refractivity contribution in [2.75, 3.05) is 38.4 Å². The summed E-state index contributed by atoms with van der Waals surface area (Å²) >= 11 is 6.74. The number of amides is 3. The molecule has 51 heavy (non-hydrogen) atoms. The fraction of sp³-hybridized carbons (Fsp3) is 0.474. The lowest BCUT2D eigenvalue weighted by Gasteiger charge is -2.33. The van der Waals surface area contributed by atoms with Crippen molar-refractivity contribution in [2.45, 2.75) is 76.9 Å². The molecule has 2 aromatic carbocycles. The van der Waals surface area contributed by atoms with Gasteiger partial charge in [-0.2, -0.15) is 0 Å². The lowest BCUT2D eigenvalue weighted by atomic mass is 9.88. The quantitative estimate of drug-likeness (QED) is 0.229. The maximum absolute atomic E-state index is 14.0. The molecule has 0 aromatic heterocycles. The van der Waals surface area contributed by atoms with Gasteiger partial charge in [0.25, 0.3) is 5.91 Å². The van der Waals surface area contributed by atoms with Crippen LogP contribution in [0.2, 0.25) is 5.02 Å². The lowest BCUT2D eigenvalue weighted by Crippen LogP contribution is -2.48. The van der Waals surface area contributed by atoms with Crippen LogP contribution in [-0.2, 0) is 30.2 Å². The number of carbonyl (C=O) groups excluding carboxylic acids is 4. The van der Waals surface area contributed by atoms with Crippen molar-refractivity contribution in [3.63, 3.8) is 0 Å². The minimum absolute atomic E-state index is 0.0351. The molecule has 3 amide bonds. The molecule has 0 radical (unpaired) electrons. The average Bonchev–Trinajstić information content (AvgIpc) is 3.91. The number of methoxy groups -OCH3 is 1. The SMILES string of the molecule is COc1cc2cc(c1Cl)N(C)C(=O)CC(COC(=O)[C@H](C)N(C)C(=O)c1ccc(N)cc1)[C@@H]1O[C@H]1[C@H](C)[C@@H]1CC(C/C=C/C=C(\C)C2)NC(=O)O1. The van der Waals surface area contributed by atoms with Gasteiger partial charge >= 0.3 is 12.1 Å². The summed E-state index contributed by atoms with van der Waals surface area (Å²) in [6, 6.07) is 9.11. The van der Waals surface area contributed by atoms with Crippen LogP contribution in [0.4, 0.5) is 16.2 Å². The lowest BCUT2D eigenvalue weighted by molar-refractivity contribution is -0.150. The van der Waals surface area contributed by atoms with Gasteiger partial charge in [-0.25, -0.2) is 9.59 Å². The van der Waals surface area contributed by atoms with Gasteiger partial charge in [0.05, 0.1) is 31.6 Å². The fourth-order valence-electron chi connectivity index (χ4n) is 6.58. The second-order valence-corrected chi connectivity index (χ2v) is 14.1. The third kappa shape index (κ3) is 9.04. The number of nitrogen functional groups attached to an aromatic ring is 1. The van der Waals surface area contributed by atoms with E-state index in [4.69, 9.17) is 36.3 Å². The van der Waals surface area contributed by atoms with Gasteiger partial charge < -0.3 is 39.8 Å². The van der Waals surface area contributed by atoms with Gasteiger partial charge in [0.1, 0.15) is 22.9 Å². The molecule has 0 spiro atoms. The summed E-state index contributed by atoms with van der Waals surface area (Å²) in [5, 5.41) is 3.21. The van der Waals surface area contributed by atoms with Crippen LogP contribution in [0.15, 0.2) is 60.2 Å². The van der Waals surface area contributed by atoms with Crippen LogP contribution in [-0.4, -0.2) is 87.0 Å². The number of nitrogens with two attached hydrogens (primary N) is 1. The highest BCUT2D eigenvalue weighted by atomic mass is 35.5. The number of esters is 1. The third-order valence-electron chi connectivity index (χ3n) is 9.96. The van der Waals surface area contributed by atoms with E-state index >= 15 is 0 Å². The molecule has 2 aromatic rings. The standard InChI is InChI=1S/C38H47ClN4O8/c1-21-9-7-8-10-28-19-30(50-38(47)41-28)22(2)34-35(51-34)26(18-32(44)43(5)29-16-24(15-21)17-31(48-6)33(29)39)20-49-37(46)23(3)42(4)36(45)25-11-13-27(40)14-12-25/h7-9,11-14,16-17,22-23,26,28,30,34-35H,10,15,18-20,40H2,1-6H3,(H,41,47)/b8-7+,21-9+/t22-,23+,26?,28?,30+,34+,35+/m1/s1. The molecule has 0 saturated carbocycles. The van der Waals surface area contributed by atoms with E-state index < -0.39 is 36.2 Å². The first-order valence-electron chi connectivity index (χ1n) is 17.1. The van der Waals surface area contributed by atoms with E-state index in [-0.39, 0.29) is 42.9 Å². The van der Waals surface area contributed by atoms with Crippen molar-refractivity contribution in [1.29, 1.82) is 0 Å². The van der Waals surface area contributed by atoms with Gasteiger partial charge in [-0.3, -0.25) is 9.59 Å². The number of fused-ring (bicyclic) bond motifs is 5. The third-order valence-corrected chi connectivity index (χ3v) is 10.3. The minimum atomic E-state index is -0.918. The zero-order chi connectivity index (χ0) is 37.0. The molecule has 12 nitrogen and oxygen atoms in total. The number of nitrogens with zero attached hydrogens (tertiary/aromatic N) is 2. The van der Waals surface area contributed by atoms with Crippen LogP contribution in [0, 0.1) is 11.8 Å². The van der Waals surface area contributed by atoms with Crippen molar-refractivity contribution in [3.8, 4) is 5.75 Å². The van der Waals surface area contributed by atoms with Crippen LogP contribution in [0.1, 0.15) is 56.0 Å². The first-order chi connectivity index (χ1) is 24.3. The van der Waals surface area contributed by atoms with Crippen LogP contribution in [0.25, 0.3) is 0 Å². The molecule has 3 heterocycles. The summed E-state index contributed by atoms with van der Waals surface area (Å²) < 4.78 is 23.2. The number of benzene rings is 2. The summed E-state index contributed by atoms with van der Waals surface area (Å²) in [6.07, 6.45) is 6.11. The summed E-state index contributed by atoms with van der Waals surface area (Å²) in [5.74, 6) is -1.57. The number of ether oxygens (including phenoxy) is 4. The number of alkyl carbamates (subject to hydrolysis) is 1. The topological polar surface area (TPSA) is 153 Å². The number of halogens is 1. The van der Waals surface area contributed by atoms with E-state index in [1.54, 1.807) is 38.2 Å². The molecule has 3 N–H and O–H groups in total. The highest BCUT2D eigenvalue weighted by Crippen LogP contribution is 2.42. The molecule has 5 rings (SSSR count). The van der Waals surface area contributed by atoms with Crippen molar-refractivity contribution in [2.24, 2.45) is 11.8 Å². The van der Waals surface area contributed by atoms with Gasteiger partial charge in [0.2, 0.25) is 5.91 Å². The monoisotopic (exact) mass is 722 g/mol. The Morgan fingerprint density at radius 3 is 2.61 bits per heavy atom. The Hall–Kier alpha value is -4.55. The Morgan fingerprint density at radius 2 is 1.90 bits per heavy atom.